The van der Waals surface area contributed by atoms with Gasteiger partial charge in [-0.3, -0.25) is 0 Å². The van der Waals surface area contributed by atoms with Gasteiger partial charge in [0.1, 0.15) is 30.0 Å². The molecule has 3 aliphatic heterocycles. The lowest BCUT2D eigenvalue weighted by molar-refractivity contribution is -0.337. The Morgan fingerprint density at radius 1 is 0.750 bits per heavy atom. The first-order valence-corrected chi connectivity index (χ1v) is 21.2. The van der Waals surface area contributed by atoms with Crippen molar-refractivity contribution in [1.29, 1.82) is 0 Å². The van der Waals surface area contributed by atoms with Crippen LogP contribution >= 0.6 is 0 Å². The smallest absolute Gasteiger partial charge is 0.161 e. The van der Waals surface area contributed by atoms with E-state index in [1.54, 1.807) is 21.1 Å². The van der Waals surface area contributed by atoms with Gasteiger partial charge < -0.3 is 68.2 Å². The Morgan fingerprint density at radius 2 is 1.38 bits per heavy atom. The molecule has 0 aromatic carbocycles. The van der Waals surface area contributed by atoms with Crippen LogP contribution in [0.2, 0.25) is 0 Å². The van der Waals surface area contributed by atoms with Gasteiger partial charge >= 0.3 is 0 Å². The fourth-order valence-corrected chi connectivity index (χ4v) is 12.3. The molecular weight excluding hydrogens is 728 g/mol. The highest BCUT2D eigenvalue weighted by Gasteiger charge is 2.72. The van der Waals surface area contributed by atoms with Crippen molar-refractivity contribution in [2.24, 2.45) is 22.7 Å². The molecule has 56 heavy (non-hydrogen) atoms. The summed E-state index contributed by atoms with van der Waals surface area (Å²) >= 11 is 0. The van der Waals surface area contributed by atoms with E-state index in [9.17, 15) is 25.5 Å². The molecule has 0 aromatic heterocycles. The van der Waals surface area contributed by atoms with Gasteiger partial charge in [0, 0.05) is 46.0 Å². The van der Waals surface area contributed by atoms with E-state index >= 15 is 0 Å². The SMILES string of the molecule is COCC(O)C1(O)CCC2(O)C3CC=C4CC(OC5CC(O)C(OC6CC(OC)C(OC7CC(OC)C(O)C(C)O7)C(C)O6)C(C)O5)CCC4(C)C3CCC12C. The molecule has 3 saturated carbocycles. The molecule has 5 N–H and O–H groups in total. The minimum atomic E-state index is -1.40. The molecule has 20 unspecified atom stereocenters. The number of aliphatic hydroxyl groups is 5. The molecule has 0 amide bonds. The first-order chi connectivity index (χ1) is 26.5. The molecule has 4 aliphatic carbocycles. The molecule has 0 aromatic rings. The molecule has 322 valence electrons. The molecule has 0 bridgehead atoms. The third-order valence-electron chi connectivity index (χ3n) is 15.8. The van der Waals surface area contributed by atoms with E-state index in [0.29, 0.717) is 32.1 Å². The zero-order chi connectivity index (χ0) is 40.4. The van der Waals surface area contributed by atoms with Crippen molar-refractivity contribution in [1.82, 2.24) is 0 Å². The lowest BCUT2D eigenvalue weighted by Gasteiger charge is -2.62. The number of ether oxygens (including phenoxy) is 9. The average Bonchev–Trinajstić information content (AvgIpc) is 3.38. The predicted molar refractivity (Wildman–Crippen MR) is 201 cm³/mol. The Kier molecular flexibility index (Phi) is 12.8. The second-order valence-electron chi connectivity index (χ2n) is 18.6. The van der Waals surface area contributed by atoms with Crippen LogP contribution in [0, 0.1) is 22.7 Å². The highest BCUT2D eigenvalue weighted by atomic mass is 16.7. The number of fused-ring (bicyclic) bond motifs is 5. The van der Waals surface area contributed by atoms with Crippen molar-refractivity contribution >= 4 is 0 Å². The zero-order valence-corrected chi connectivity index (χ0v) is 34.7. The van der Waals surface area contributed by atoms with E-state index in [1.165, 1.54) is 12.7 Å². The maximum Gasteiger partial charge on any atom is 0.161 e. The van der Waals surface area contributed by atoms with Crippen LogP contribution in [0.4, 0.5) is 0 Å². The summed E-state index contributed by atoms with van der Waals surface area (Å²) in [5, 5.41) is 57.0. The Bertz CT molecular complexity index is 1370. The van der Waals surface area contributed by atoms with E-state index in [0.717, 1.165) is 32.1 Å². The quantitative estimate of drug-likeness (QED) is 0.192. The average molecular weight is 799 g/mol. The molecule has 0 radical (unpaired) electrons. The summed E-state index contributed by atoms with van der Waals surface area (Å²) in [6.07, 6.45) is 1.23. The molecule has 7 rings (SSSR count). The third-order valence-corrected chi connectivity index (χ3v) is 15.8. The monoisotopic (exact) mass is 798 g/mol. The van der Waals surface area contributed by atoms with E-state index in [4.69, 9.17) is 42.6 Å². The van der Waals surface area contributed by atoms with Gasteiger partial charge in [0.05, 0.1) is 54.9 Å². The lowest BCUT2D eigenvalue weighted by atomic mass is 9.45. The van der Waals surface area contributed by atoms with E-state index in [2.05, 4.69) is 13.0 Å². The molecule has 14 nitrogen and oxygen atoms in total. The van der Waals surface area contributed by atoms with Crippen molar-refractivity contribution in [2.45, 2.75) is 202 Å². The van der Waals surface area contributed by atoms with Crippen molar-refractivity contribution in [2.75, 3.05) is 27.9 Å². The molecule has 6 fully saturated rings. The normalized spacial score (nSPS) is 52.7. The maximum atomic E-state index is 12.5. The molecular formula is C42H70O14. The number of methoxy groups -OCH3 is 3. The van der Waals surface area contributed by atoms with Crippen LogP contribution in [-0.4, -0.2) is 151 Å². The maximum absolute atomic E-state index is 12.5. The van der Waals surface area contributed by atoms with E-state index in [-0.39, 0.29) is 42.5 Å². The minimum absolute atomic E-state index is 0.00654. The summed E-state index contributed by atoms with van der Waals surface area (Å²) in [6, 6.07) is 0. The fourth-order valence-electron chi connectivity index (χ4n) is 12.3. The first-order valence-electron chi connectivity index (χ1n) is 21.2. The molecule has 3 saturated heterocycles. The highest BCUT2D eigenvalue weighted by Crippen LogP contribution is 2.69. The van der Waals surface area contributed by atoms with Crippen molar-refractivity contribution in [3.63, 3.8) is 0 Å². The van der Waals surface area contributed by atoms with Crippen molar-refractivity contribution in [3.05, 3.63) is 11.6 Å². The molecule has 3 heterocycles. The topological polar surface area (TPSA) is 184 Å². The summed E-state index contributed by atoms with van der Waals surface area (Å²) in [4.78, 5) is 0. The van der Waals surface area contributed by atoms with Crippen LogP contribution < -0.4 is 0 Å². The summed E-state index contributed by atoms with van der Waals surface area (Å²) in [5.41, 5.74) is -2.04. The minimum Gasteiger partial charge on any atom is -0.390 e. The van der Waals surface area contributed by atoms with Crippen molar-refractivity contribution < 1.29 is 68.2 Å². The zero-order valence-electron chi connectivity index (χ0n) is 34.7. The second kappa shape index (κ2) is 16.6. The highest BCUT2D eigenvalue weighted by molar-refractivity contribution is 5.30. The van der Waals surface area contributed by atoms with Gasteiger partial charge in [-0.15, -0.1) is 0 Å². The number of hydrogen-bond acceptors (Lipinski definition) is 14. The van der Waals surface area contributed by atoms with Gasteiger partial charge in [-0.1, -0.05) is 25.5 Å². The van der Waals surface area contributed by atoms with Gasteiger partial charge in [-0.2, -0.15) is 0 Å². The van der Waals surface area contributed by atoms with Gasteiger partial charge in [-0.25, -0.2) is 0 Å². The van der Waals surface area contributed by atoms with Gasteiger partial charge in [-0.05, 0) is 89.4 Å². The first kappa shape index (κ1) is 43.3. The van der Waals surface area contributed by atoms with E-state index in [1.807, 2.05) is 20.8 Å². The van der Waals surface area contributed by atoms with Crippen LogP contribution in [0.1, 0.15) is 105 Å². The summed E-state index contributed by atoms with van der Waals surface area (Å²) < 4.78 is 54.4. The van der Waals surface area contributed by atoms with Crippen LogP contribution in [0.15, 0.2) is 11.6 Å². The van der Waals surface area contributed by atoms with Gasteiger partial charge in [0.25, 0.3) is 0 Å². The molecule has 14 heteroatoms. The molecule has 20 atom stereocenters. The van der Waals surface area contributed by atoms with Crippen LogP contribution in [0.3, 0.4) is 0 Å². The standard InChI is InChI=1S/C42H70O14/c1-22-36(45)30(49-7)19-34(51-22)56-38-24(3)53-35(20-31(38)50-8)55-37-23(2)52-33(18-29(37)43)54-26-11-13-39(4)25(17-26)9-10-28-27(39)12-14-40(5)41(28,46)15-16-42(40,47)32(44)21-48-6/h9,22-24,26-38,43-47H,10-21H2,1-8H3. The Labute approximate surface area is 332 Å². The molecule has 7 aliphatic rings. The lowest BCUT2D eigenvalue weighted by Crippen LogP contribution is -2.66. The third kappa shape index (κ3) is 7.37. The Morgan fingerprint density at radius 3 is 2.04 bits per heavy atom. The van der Waals surface area contributed by atoms with Crippen LogP contribution in [-0.2, 0) is 42.6 Å². The number of allylic oxidation sites excluding steroid dienone is 1. The van der Waals surface area contributed by atoms with Gasteiger partial charge in [0.15, 0.2) is 18.9 Å². The largest absolute Gasteiger partial charge is 0.390 e. The number of hydrogen-bond donors (Lipinski definition) is 5. The van der Waals surface area contributed by atoms with Crippen LogP contribution in [0.5, 0.6) is 0 Å². The number of aliphatic hydroxyl groups excluding tert-OH is 3. The molecule has 0 spiro atoms. The Balaban J connectivity index is 0.926. The predicted octanol–water partition coefficient (Wildman–Crippen LogP) is 3.11. The summed E-state index contributed by atoms with van der Waals surface area (Å²) in [7, 11) is 4.71. The van der Waals surface area contributed by atoms with Crippen molar-refractivity contribution in [3.8, 4) is 0 Å². The summed E-state index contributed by atoms with van der Waals surface area (Å²) in [5.74, 6) is 0.257. The second-order valence-corrected chi connectivity index (χ2v) is 18.6. The van der Waals surface area contributed by atoms with E-state index < -0.39 is 90.4 Å². The van der Waals surface area contributed by atoms with Crippen LogP contribution in [0.25, 0.3) is 0 Å². The number of rotatable bonds is 11. The fraction of sp³-hybridized carbons (Fsp3) is 0.952. The van der Waals surface area contributed by atoms with Gasteiger partial charge in [0.2, 0.25) is 0 Å². The Hall–Kier alpha value is -0.820. The summed E-state index contributed by atoms with van der Waals surface area (Å²) in [6.45, 7) is 9.93.